The second kappa shape index (κ2) is 13.8. The van der Waals surface area contributed by atoms with Gasteiger partial charge in [0.1, 0.15) is 11.9 Å². The normalized spacial score (nSPS) is 17.6. The third kappa shape index (κ3) is 6.34. The summed E-state index contributed by atoms with van der Waals surface area (Å²) < 4.78 is 15.1. The number of aromatic nitrogens is 2. The first-order valence-electron chi connectivity index (χ1n) is 17.6. The summed E-state index contributed by atoms with van der Waals surface area (Å²) in [5, 5.41) is 2.36. The fourth-order valence-corrected chi connectivity index (χ4v) is 12.4. The highest BCUT2D eigenvalue weighted by molar-refractivity contribution is 6.99. The summed E-state index contributed by atoms with van der Waals surface area (Å²) in [6.07, 6.45) is 1.15. The molecule has 1 aromatic heterocycles. The summed E-state index contributed by atoms with van der Waals surface area (Å²) in [6.45, 7) is 9.36. The molecule has 0 radical (unpaired) electrons. The Morgan fingerprint density at radius 3 is 1.78 bits per heavy atom. The summed E-state index contributed by atoms with van der Waals surface area (Å²) in [6, 6.07) is 41.1. The molecule has 0 unspecified atom stereocenters. The Morgan fingerprint density at radius 2 is 1.28 bits per heavy atom. The zero-order valence-corrected chi connectivity index (χ0v) is 30.3. The molecule has 4 aromatic carbocycles. The van der Waals surface area contributed by atoms with Crippen LogP contribution in [0.4, 0.5) is 4.79 Å². The van der Waals surface area contributed by atoms with Crippen molar-refractivity contribution in [1.29, 1.82) is 0 Å². The van der Waals surface area contributed by atoms with Crippen LogP contribution in [0, 0.1) is 6.92 Å². The molecule has 2 heterocycles. The van der Waals surface area contributed by atoms with Crippen LogP contribution in [-0.4, -0.2) is 47.6 Å². The molecule has 1 aliphatic heterocycles. The largest absolute Gasteiger partial charge is 0.446 e. The van der Waals surface area contributed by atoms with Gasteiger partial charge in [-0.15, -0.1) is 0 Å². The van der Waals surface area contributed by atoms with Crippen LogP contribution in [0.15, 0.2) is 126 Å². The fourth-order valence-electron chi connectivity index (χ4n) is 7.71. The molecule has 1 saturated carbocycles. The molecule has 8 heteroatoms. The molecule has 7 rings (SSSR count). The number of benzene rings is 4. The van der Waals surface area contributed by atoms with Gasteiger partial charge in [0.15, 0.2) is 0 Å². The molecule has 0 saturated heterocycles. The maximum absolute atomic E-state index is 14.1. The molecule has 2 aliphatic rings. The Labute approximate surface area is 295 Å². The molecular weight excluding hydrogens is 639 g/mol. The van der Waals surface area contributed by atoms with Gasteiger partial charge in [0.25, 0.3) is 13.9 Å². The van der Waals surface area contributed by atoms with E-state index < -0.39 is 8.32 Å². The third-order valence-corrected chi connectivity index (χ3v) is 15.4. The summed E-state index contributed by atoms with van der Waals surface area (Å²) in [4.78, 5) is 34.2. The van der Waals surface area contributed by atoms with Gasteiger partial charge in [-0.05, 0) is 39.9 Å². The van der Waals surface area contributed by atoms with Crippen LogP contribution in [0.1, 0.15) is 67.9 Å². The molecule has 5 aromatic rings. The predicted octanol–water partition coefficient (Wildman–Crippen LogP) is 6.79. The number of hydrogen-bond donors (Lipinski definition) is 0. The van der Waals surface area contributed by atoms with E-state index in [-0.39, 0.29) is 41.5 Å². The van der Waals surface area contributed by atoms with E-state index in [4.69, 9.17) is 14.1 Å². The number of aryl methyl sites for hydroxylation is 1. The Morgan fingerprint density at radius 1 is 0.780 bits per heavy atom. The fraction of sp³-hybridized carbons (Fsp3) is 0.310. The number of ether oxygens (including phenoxy) is 1. The van der Waals surface area contributed by atoms with Gasteiger partial charge >= 0.3 is 6.09 Å². The Hall–Kier alpha value is -4.79. The lowest BCUT2D eigenvalue weighted by Crippen LogP contribution is -2.68. The molecule has 1 amide bonds. The van der Waals surface area contributed by atoms with Crippen LogP contribution in [-0.2, 0) is 22.1 Å². The van der Waals surface area contributed by atoms with Crippen molar-refractivity contribution in [3.8, 4) is 0 Å². The first-order valence-corrected chi connectivity index (χ1v) is 19.5. The highest BCUT2D eigenvalue weighted by Crippen LogP contribution is 2.41. The molecule has 1 fully saturated rings. The molecule has 0 N–H and O–H groups in total. The highest BCUT2D eigenvalue weighted by Gasteiger charge is 2.53. The lowest BCUT2D eigenvalue weighted by atomic mass is 9.92. The quantitative estimate of drug-likeness (QED) is 0.169. The zero-order valence-electron chi connectivity index (χ0n) is 29.3. The third-order valence-electron chi connectivity index (χ3n) is 10.3. The van der Waals surface area contributed by atoms with Crippen LogP contribution in [0.25, 0.3) is 0 Å². The summed E-state index contributed by atoms with van der Waals surface area (Å²) >= 11 is 0. The standard InChI is InChI=1S/C42H45N3O4Si/c1-30-43-38-29-44(26-25-37(38)40(46)45(30)39(31-17-9-5-10-18-31)32-19-11-6-12-20-32)41(47)48-33-27-34(28-33)49-50(42(2,3)4,35-21-13-7-14-22-35)36-23-15-8-16-24-36/h5-24,33-34,39H,25-29H2,1-4H3. The molecular formula is C42H45N3O4Si. The van der Waals surface area contributed by atoms with Crippen LogP contribution >= 0.6 is 0 Å². The minimum absolute atomic E-state index is 0.00820. The molecule has 0 bridgehead atoms. The molecule has 256 valence electrons. The highest BCUT2D eigenvalue weighted by atomic mass is 28.4. The topological polar surface area (TPSA) is 73.7 Å². The molecule has 50 heavy (non-hydrogen) atoms. The minimum atomic E-state index is -2.68. The number of hydrogen-bond acceptors (Lipinski definition) is 5. The number of rotatable bonds is 8. The molecule has 7 nitrogen and oxygen atoms in total. The number of carbonyl (C=O) groups excluding carboxylic acids is 1. The second-order valence-corrected chi connectivity index (χ2v) is 18.8. The maximum atomic E-state index is 14.1. The number of carbonyl (C=O) groups is 1. The van der Waals surface area contributed by atoms with E-state index in [1.54, 1.807) is 9.47 Å². The van der Waals surface area contributed by atoms with Gasteiger partial charge in [0.2, 0.25) is 0 Å². The minimum Gasteiger partial charge on any atom is -0.446 e. The van der Waals surface area contributed by atoms with Crippen molar-refractivity contribution in [2.75, 3.05) is 6.54 Å². The first kappa shape index (κ1) is 33.7. The van der Waals surface area contributed by atoms with Crippen molar-refractivity contribution >= 4 is 24.8 Å². The monoisotopic (exact) mass is 683 g/mol. The molecule has 0 atom stereocenters. The van der Waals surface area contributed by atoms with Crippen LogP contribution in [0.2, 0.25) is 5.04 Å². The van der Waals surface area contributed by atoms with Crippen molar-refractivity contribution in [2.45, 2.75) is 76.8 Å². The molecule has 0 spiro atoms. The zero-order chi connectivity index (χ0) is 34.9. The van der Waals surface area contributed by atoms with Gasteiger partial charge in [-0.3, -0.25) is 9.36 Å². The van der Waals surface area contributed by atoms with Gasteiger partial charge in [0.05, 0.1) is 24.4 Å². The Kier molecular flexibility index (Phi) is 9.33. The van der Waals surface area contributed by atoms with Gasteiger partial charge in [0, 0.05) is 24.9 Å². The number of fused-ring (bicyclic) bond motifs is 1. The van der Waals surface area contributed by atoms with Gasteiger partial charge < -0.3 is 14.1 Å². The van der Waals surface area contributed by atoms with E-state index in [0.717, 1.165) is 11.1 Å². The summed E-state index contributed by atoms with van der Waals surface area (Å²) in [5.41, 5.74) is 3.29. The van der Waals surface area contributed by atoms with Crippen molar-refractivity contribution in [2.24, 2.45) is 0 Å². The van der Waals surface area contributed by atoms with Crippen molar-refractivity contribution in [3.05, 3.63) is 160 Å². The van der Waals surface area contributed by atoms with Crippen molar-refractivity contribution in [1.82, 2.24) is 14.5 Å². The Bertz CT molecular complexity index is 1910. The van der Waals surface area contributed by atoms with E-state index in [0.29, 0.717) is 42.9 Å². The second-order valence-electron chi connectivity index (χ2n) is 14.5. The Balaban J connectivity index is 1.06. The number of nitrogens with zero attached hydrogens (tertiary/aromatic N) is 3. The predicted molar refractivity (Wildman–Crippen MR) is 199 cm³/mol. The SMILES string of the molecule is Cc1nc2c(c(=O)n1C(c1ccccc1)c1ccccc1)CCN(C(=O)OC1CC(O[Si](c3ccccc3)(c3ccccc3)C(C)(C)C)C1)C2. The number of amides is 1. The van der Waals surface area contributed by atoms with Crippen LogP contribution in [0.3, 0.4) is 0 Å². The van der Waals surface area contributed by atoms with E-state index in [1.807, 2.05) is 79.7 Å². The van der Waals surface area contributed by atoms with Crippen molar-refractivity contribution in [3.63, 3.8) is 0 Å². The first-order chi connectivity index (χ1) is 24.2. The lowest BCUT2D eigenvalue weighted by molar-refractivity contribution is -0.0392. The van der Waals surface area contributed by atoms with Gasteiger partial charge in [-0.2, -0.15) is 0 Å². The molecule has 1 aliphatic carbocycles. The van der Waals surface area contributed by atoms with E-state index in [1.165, 1.54) is 10.4 Å². The van der Waals surface area contributed by atoms with E-state index >= 15 is 0 Å². The van der Waals surface area contributed by atoms with Gasteiger partial charge in [-0.25, -0.2) is 9.78 Å². The van der Waals surface area contributed by atoms with Crippen LogP contribution < -0.4 is 15.9 Å². The smallest absolute Gasteiger partial charge is 0.410 e. The summed E-state index contributed by atoms with van der Waals surface area (Å²) in [7, 11) is -2.68. The van der Waals surface area contributed by atoms with Gasteiger partial charge in [-0.1, -0.05) is 142 Å². The summed E-state index contributed by atoms with van der Waals surface area (Å²) in [5.74, 6) is 0.615. The lowest BCUT2D eigenvalue weighted by Gasteiger charge is -2.48. The maximum Gasteiger partial charge on any atom is 0.410 e. The van der Waals surface area contributed by atoms with Crippen molar-refractivity contribution < 1.29 is 14.0 Å². The van der Waals surface area contributed by atoms with E-state index in [9.17, 15) is 9.59 Å². The van der Waals surface area contributed by atoms with Crippen LogP contribution in [0.5, 0.6) is 0 Å². The van der Waals surface area contributed by atoms with E-state index in [2.05, 4.69) is 69.3 Å². The average Bonchev–Trinajstić information content (AvgIpc) is 3.11. The average molecular weight is 684 g/mol.